The van der Waals surface area contributed by atoms with E-state index in [2.05, 4.69) is 32.9 Å². The highest BCUT2D eigenvalue weighted by atomic mass is 16.6. The predicted molar refractivity (Wildman–Crippen MR) is 275 cm³/mol. The molecule has 0 aromatic rings. The zero-order valence-corrected chi connectivity index (χ0v) is 43.3. The van der Waals surface area contributed by atoms with E-state index < -0.39 is 6.10 Å². The van der Waals surface area contributed by atoms with Crippen LogP contribution in [-0.4, -0.2) is 37.2 Å². The lowest BCUT2D eigenvalue weighted by Gasteiger charge is -2.18. The van der Waals surface area contributed by atoms with Crippen LogP contribution in [0.5, 0.6) is 0 Å². The van der Waals surface area contributed by atoms with Gasteiger partial charge in [0, 0.05) is 19.3 Å². The van der Waals surface area contributed by atoms with E-state index in [4.69, 9.17) is 14.2 Å². The molecule has 0 fully saturated rings. The average molecular weight is 904 g/mol. The van der Waals surface area contributed by atoms with Crippen LogP contribution in [0, 0.1) is 0 Å². The molecule has 0 rings (SSSR count). The van der Waals surface area contributed by atoms with Crippen molar-refractivity contribution in [1.82, 2.24) is 0 Å². The lowest BCUT2D eigenvalue weighted by Crippen LogP contribution is -2.30. The minimum atomic E-state index is -0.763. The molecule has 64 heavy (non-hydrogen) atoms. The first-order valence-electron chi connectivity index (χ1n) is 28.7. The molecule has 0 aromatic carbocycles. The summed E-state index contributed by atoms with van der Waals surface area (Å²) in [6, 6.07) is 0. The minimum absolute atomic E-state index is 0.0659. The second kappa shape index (κ2) is 53.8. The third-order valence-corrected chi connectivity index (χ3v) is 13.0. The zero-order chi connectivity index (χ0) is 46.5. The Morgan fingerprint density at radius 2 is 0.516 bits per heavy atom. The highest BCUT2D eigenvalue weighted by Gasteiger charge is 2.19. The highest BCUT2D eigenvalue weighted by Crippen LogP contribution is 2.17. The van der Waals surface area contributed by atoms with Gasteiger partial charge in [-0.3, -0.25) is 14.4 Å². The summed E-state index contributed by atoms with van der Waals surface area (Å²) >= 11 is 0. The van der Waals surface area contributed by atoms with E-state index in [9.17, 15) is 14.4 Å². The molecule has 0 saturated heterocycles. The highest BCUT2D eigenvalue weighted by molar-refractivity contribution is 5.71. The Morgan fingerprint density at radius 3 is 0.781 bits per heavy atom. The second-order valence-corrected chi connectivity index (χ2v) is 19.6. The fraction of sp³-hybridized carbons (Fsp3) is 0.914. The van der Waals surface area contributed by atoms with E-state index in [1.807, 2.05) is 0 Å². The molecular formula is C58H110O6. The molecule has 0 aliphatic rings. The van der Waals surface area contributed by atoms with Crippen molar-refractivity contribution >= 4 is 17.9 Å². The van der Waals surface area contributed by atoms with E-state index >= 15 is 0 Å². The van der Waals surface area contributed by atoms with E-state index in [0.29, 0.717) is 19.3 Å². The summed E-state index contributed by atoms with van der Waals surface area (Å²) in [5.41, 5.74) is 0. The molecule has 0 aliphatic carbocycles. The van der Waals surface area contributed by atoms with Crippen LogP contribution < -0.4 is 0 Å². The Balaban J connectivity index is 4.14. The first-order chi connectivity index (χ1) is 31.5. The smallest absolute Gasteiger partial charge is 0.306 e. The van der Waals surface area contributed by atoms with Gasteiger partial charge in [0.1, 0.15) is 13.2 Å². The minimum Gasteiger partial charge on any atom is -0.462 e. The Labute approximate surface area is 399 Å². The van der Waals surface area contributed by atoms with Gasteiger partial charge in [-0.2, -0.15) is 0 Å². The van der Waals surface area contributed by atoms with Crippen molar-refractivity contribution < 1.29 is 28.6 Å². The molecule has 0 bridgehead atoms. The predicted octanol–water partition coefficient (Wildman–Crippen LogP) is 18.9. The van der Waals surface area contributed by atoms with Gasteiger partial charge in [-0.25, -0.2) is 0 Å². The SMILES string of the molecule is CCCCCCCCCC/C=C\CCCCCCCCCCCC(=O)OCC(COC(=O)CCCCCCCCC)OC(=O)CCCCCCCCCCCCCCCCCCCC. The number of rotatable bonds is 53. The van der Waals surface area contributed by atoms with E-state index in [1.54, 1.807) is 0 Å². The first-order valence-corrected chi connectivity index (χ1v) is 28.7. The molecule has 0 aliphatic heterocycles. The zero-order valence-electron chi connectivity index (χ0n) is 43.3. The third kappa shape index (κ3) is 51.1. The fourth-order valence-electron chi connectivity index (χ4n) is 8.68. The van der Waals surface area contributed by atoms with Crippen LogP contribution in [0.15, 0.2) is 12.2 Å². The van der Waals surface area contributed by atoms with Crippen molar-refractivity contribution in [3.05, 3.63) is 12.2 Å². The Hall–Kier alpha value is -1.85. The van der Waals surface area contributed by atoms with Crippen molar-refractivity contribution in [2.45, 2.75) is 329 Å². The summed E-state index contributed by atoms with van der Waals surface area (Å²) in [7, 11) is 0. The van der Waals surface area contributed by atoms with Crippen LogP contribution in [0.4, 0.5) is 0 Å². The van der Waals surface area contributed by atoms with Crippen molar-refractivity contribution in [2.75, 3.05) is 13.2 Å². The molecular weight excluding hydrogens is 793 g/mol. The Morgan fingerprint density at radius 1 is 0.297 bits per heavy atom. The maximum Gasteiger partial charge on any atom is 0.306 e. The molecule has 0 aromatic heterocycles. The lowest BCUT2D eigenvalue weighted by atomic mass is 10.0. The molecule has 378 valence electrons. The number of ether oxygens (including phenoxy) is 3. The van der Waals surface area contributed by atoms with Crippen molar-refractivity contribution in [3.8, 4) is 0 Å². The largest absolute Gasteiger partial charge is 0.462 e. The van der Waals surface area contributed by atoms with E-state index in [-0.39, 0.29) is 31.1 Å². The summed E-state index contributed by atoms with van der Waals surface area (Å²) in [6.07, 6.45) is 60.8. The molecule has 0 spiro atoms. The summed E-state index contributed by atoms with van der Waals surface area (Å²) < 4.78 is 16.8. The van der Waals surface area contributed by atoms with Crippen LogP contribution in [0.25, 0.3) is 0 Å². The average Bonchev–Trinajstić information content (AvgIpc) is 3.29. The summed E-state index contributed by atoms with van der Waals surface area (Å²) in [4.78, 5) is 37.9. The summed E-state index contributed by atoms with van der Waals surface area (Å²) in [5.74, 6) is -0.853. The number of carbonyl (C=O) groups is 3. The fourth-order valence-corrected chi connectivity index (χ4v) is 8.68. The standard InChI is InChI=1S/C58H110O6/c1-4-7-10-13-16-18-20-22-24-26-28-29-30-32-33-35-37-39-42-45-48-51-57(60)63-54-55(53-62-56(59)50-47-44-41-15-12-9-6-3)64-58(61)52-49-46-43-40-38-36-34-31-27-25-23-21-19-17-14-11-8-5-2/h26,28,55H,4-25,27,29-54H2,1-3H3/b28-26-. The van der Waals surface area contributed by atoms with Crippen LogP contribution >= 0.6 is 0 Å². The van der Waals surface area contributed by atoms with Crippen LogP contribution in [-0.2, 0) is 28.6 Å². The normalized spacial score (nSPS) is 12.0. The van der Waals surface area contributed by atoms with Gasteiger partial charge in [0.05, 0.1) is 0 Å². The second-order valence-electron chi connectivity index (χ2n) is 19.6. The first kappa shape index (κ1) is 62.1. The molecule has 6 heteroatoms. The number of allylic oxidation sites excluding steroid dienone is 2. The number of hydrogen-bond donors (Lipinski definition) is 0. The molecule has 6 nitrogen and oxygen atoms in total. The van der Waals surface area contributed by atoms with Crippen molar-refractivity contribution in [1.29, 1.82) is 0 Å². The summed E-state index contributed by atoms with van der Waals surface area (Å²) in [6.45, 7) is 6.65. The van der Waals surface area contributed by atoms with Gasteiger partial charge in [-0.1, -0.05) is 270 Å². The topological polar surface area (TPSA) is 78.9 Å². The molecule has 1 unspecified atom stereocenters. The number of carbonyl (C=O) groups excluding carboxylic acids is 3. The van der Waals surface area contributed by atoms with Gasteiger partial charge >= 0.3 is 17.9 Å². The van der Waals surface area contributed by atoms with Crippen molar-refractivity contribution in [3.63, 3.8) is 0 Å². The number of unbranched alkanes of at least 4 members (excludes halogenated alkanes) is 40. The maximum absolute atomic E-state index is 12.8. The Kier molecular flexibility index (Phi) is 52.2. The quantitative estimate of drug-likeness (QED) is 0.0262. The number of hydrogen-bond acceptors (Lipinski definition) is 6. The van der Waals surface area contributed by atoms with Crippen molar-refractivity contribution in [2.24, 2.45) is 0 Å². The van der Waals surface area contributed by atoms with Gasteiger partial charge in [-0.15, -0.1) is 0 Å². The van der Waals surface area contributed by atoms with Gasteiger partial charge in [0.15, 0.2) is 6.10 Å². The molecule has 0 amide bonds. The monoisotopic (exact) mass is 903 g/mol. The Bertz CT molecular complexity index is 993. The molecule has 0 radical (unpaired) electrons. The van der Waals surface area contributed by atoms with Crippen LogP contribution in [0.1, 0.15) is 323 Å². The molecule has 0 heterocycles. The van der Waals surface area contributed by atoms with Crippen LogP contribution in [0.3, 0.4) is 0 Å². The third-order valence-electron chi connectivity index (χ3n) is 13.0. The van der Waals surface area contributed by atoms with Gasteiger partial charge in [-0.05, 0) is 44.9 Å². The summed E-state index contributed by atoms with van der Waals surface area (Å²) in [5, 5.41) is 0. The molecule has 1 atom stereocenters. The van der Waals surface area contributed by atoms with Gasteiger partial charge in [0.2, 0.25) is 0 Å². The number of esters is 3. The van der Waals surface area contributed by atoms with E-state index in [0.717, 1.165) is 57.8 Å². The van der Waals surface area contributed by atoms with Crippen LogP contribution in [0.2, 0.25) is 0 Å². The molecule has 0 saturated carbocycles. The maximum atomic E-state index is 12.8. The van der Waals surface area contributed by atoms with Gasteiger partial charge in [0.25, 0.3) is 0 Å². The van der Waals surface area contributed by atoms with Gasteiger partial charge < -0.3 is 14.2 Å². The lowest BCUT2D eigenvalue weighted by molar-refractivity contribution is -0.167. The van der Waals surface area contributed by atoms with E-state index in [1.165, 1.54) is 225 Å². The molecule has 0 N–H and O–H groups in total.